The highest BCUT2D eigenvalue weighted by molar-refractivity contribution is 5.71. The molecule has 1 fully saturated rings. The summed E-state index contributed by atoms with van der Waals surface area (Å²) in [5, 5.41) is 9.74. The fourth-order valence-corrected chi connectivity index (χ4v) is 1.71. The molecule has 1 N–H and O–H groups in total. The second-order valence-corrected chi connectivity index (χ2v) is 3.96. The Kier molecular flexibility index (Phi) is 2.07. The molecule has 0 amide bonds. The minimum atomic E-state index is -0.645. The quantitative estimate of drug-likeness (QED) is 0.717. The number of nitrogens with zero attached hydrogens (tertiary/aromatic N) is 1. The number of rotatable bonds is 2. The first-order chi connectivity index (χ1) is 6.61. The SMILES string of the molecule is CC1(O)CCN(c2ccc(C=O)o2)C1. The van der Waals surface area contributed by atoms with Crippen molar-refractivity contribution in [2.24, 2.45) is 0 Å². The highest BCUT2D eigenvalue weighted by Crippen LogP contribution is 2.27. The van der Waals surface area contributed by atoms with Gasteiger partial charge < -0.3 is 14.4 Å². The normalized spacial score (nSPS) is 26.9. The standard InChI is InChI=1S/C10H13NO3/c1-10(13)4-5-11(7-10)9-3-2-8(6-12)14-9/h2-3,6,13H,4-5,7H2,1H3. The molecule has 1 atom stereocenters. The van der Waals surface area contributed by atoms with E-state index in [0.717, 1.165) is 13.0 Å². The molecule has 1 aromatic heterocycles. The van der Waals surface area contributed by atoms with Gasteiger partial charge in [0.05, 0.1) is 5.60 Å². The first-order valence-electron chi connectivity index (χ1n) is 4.63. The highest BCUT2D eigenvalue weighted by Gasteiger charge is 2.32. The third-order valence-electron chi connectivity index (χ3n) is 2.49. The average Bonchev–Trinajstić information content (AvgIpc) is 2.70. The van der Waals surface area contributed by atoms with Gasteiger partial charge in [0.25, 0.3) is 0 Å². The molecular formula is C10H13NO3. The minimum Gasteiger partial charge on any atom is -0.438 e. The topological polar surface area (TPSA) is 53.7 Å². The number of furan rings is 1. The van der Waals surface area contributed by atoms with Gasteiger partial charge in [-0.05, 0) is 19.4 Å². The molecule has 0 saturated carbocycles. The molecule has 0 bridgehead atoms. The Hall–Kier alpha value is -1.29. The largest absolute Gasteiger partial charge is 0.438 e. The molecule has 0 radical (unpaired) electrons. The summed E-state index contributed by atoms with van der Waals surface area (Å²) in [6, 6.07) is 3.39. The summed E-state index contributed by atoms with van der Waals surface area (Å²) < 4.78 is 5.26. The fourth-order valence-electron chi connectivity index (χ4n) is 1.71. The molecule has 1 aliphatic heterocycles. The van der Waals surface area contributed by atoms with Gasteiger partial charge in [0.2, 0.25) is 0 Å². The van der Waals surface area contributed by atoms with Gasteiger partial charge in [0.1, 0.15) is 0 Å². The Bertz CT molecular complexity index is 343. The van der Waals surface area contributed by atoms with Crippen LogP contribution in [-0.2, 0) is 0 Å². The van der Waals surface area contributed by atoms with Crippen LogP contribution in [0.5, 0.6) is 0 Å². The van der Waals surface area contributed by atoms with Gasteiger partial charge in [-0.2, -0.15) is 0 Å². The first-order valence-corrected chi connectivity index (χ1v) is 4.63. The minimum absolute atomic E-state index is 0.326. The van der Waals surface area contributed by atoms with Gasteiger partial charge >= 0.3 is 0 Å². The number of aldehydes is 1. The van der Waals surface area contributed by atoms with E-state index in [4.69, 9.17) is 4.42 Å². The Labute approximate surface area is 82.1 Å². The van der Waals surface area contributed by atoms with Crippen LogP contribution in [0.3, 0.4) is 0 Å². The maximum Gasteiger partial charge on any atom is 0.196 e. The van der Waals surface area contributed by atoms with Gasteiger partial charge in [-0.3, -0.25) is 4.79 Å². The summed E-state index contributed by atoms with van der Waals surface area (Å²) in [6.45, 7) is 3.12. The van der Waals surface area contributed by atoms with Crippen LogP contribution in [-0.4, -0.2) is 30.1 Å². The number of β-amino-alcohol motifs (C(OH)–C–C–N with tert-alkyl or cyclic N) is 1. The number of anilines is 1. The van der Waals surface area contributed by atoms with E-state index in [0.29, 0.717) is 24.5 Å². The summed E-state index contributed by atoms with van der Waals surface area (Å²) in [5.41, 5.74) is -0.645. The van der Waals surface area contributed by atoms with E-state index >= 15 is 0 Å². The number of hydrogen-bond donors (Lipinski definition) is 1. The second-order valence-electron chi connectivity index (χ2n) is 3.96. The maximum absolute atomic E-state index is 10.4. The van der Waals surface area contributed by atoms with Gasteiger partial charge in [-0.1, -0.05) is 0 Å². The lowest BCUT2D eigenvalue weighted by molar-refractivity contribution is 0.0837. The van der Waals surface area contributed by atoms with Crippen LogP contribution >= 0.6 is 0 Å². The van der Waals surface area contributed by atoms with Gasteiger partial charge in [0, 0.05) is 19.2 Å². The molecule has 4 heteroatoms. The van der Waals surface area contributed by atoms with E-state index in [1.807, 2.05) is 4.90 Å². The van der Waals surface area contributed by atoms with E-state index < -0.39 is 5.60 Å². The molecule has 0 spiro atoms. The number of hydrogen-bond acceptors (Lipinski definition) is 4. The zero-order valence-corrected chi connectivity index (χ0v) is 8.06. The van der Waals surface area contributed by atoms with Crippen molar-refractivity contribution in [2.45, 2.75) is 18.9 Å². The number of carbonyl (C=O) groups excluding carboxylic acids is 1. The Balaban J connectivity index is 2.13. The van der Waals surface area contributed by atoms with Gasteiger partial charge in [-0.15, -0.1) is 0 Å². The third-order valence-corrected chi connectivity index (χ3v) is 2.49. The van der Waals surface area contributed by atoms with Crippen LogP contribution in [0.4, 0.5) is 5.88 Å². The molecule has 14 heavy (non-hydrogen) atoms. The second kappa shape index (κ2) is 3.13. The number of carbonyl (C=O) groups is 1. The van der Waals surface area contributed by atoms with Crippen LogP contribution in [0.2, 0.25) is 0 Å². The average molecular weight is 195 g/mol. The van der Waals surface area contributed by atoms with Crippen LogP contribution in [0.1, 0.15) is 23.9 Å². The Morgan fingerprint density at radius 2 is 2.43 bits per heavy atom. The summed E-state index contributed by atoms with van der Waals surface area (Å²) in [6.07, 6.45) is 1.40. The van der Waals surface area contributed by atoms with E-state index in [9.17, 15) is 9.90 Å². The van der Waals surface area contributed by atoms with Crippen molar-refractivity contribution in [3.8, 4) is 0 Å². The molecule has 0 aliphatic carbocycles. The van der Waals surface area contributed by atoms with E-state index in [-0.39, 0.29) is 0 Å². The van der Waals surface area contributed by atoms with Gasteiger partial charge in [-0.25, -0.2) is 0 Å². The van der Waals surface area contributed by atoms with Crippen molar-refractivity contribution in [3.63, 3.8) is 0 Å². The Morgan fingerprint density at radius 3 is 2.93 bits per heavy atom. The van der Waals surface area contributed by atoms with E-state index in [1.165, 1.54) is 0 Å². The molecule has 4 nitrogen and oxygen atoms in total. The lowest BCUT2D eigenvalue weighted by Crippen LogP contribution is -2.29. The maximum atomic E-state index is 10.4. The summed E-state index contributed by atoms with van der Waals surface area (Å²) >= 11 is 0. The highest BCUT2D eigenvalue weighted by atomic mass is 16.4. The molecule has 1 unspecified atom stereocenters. The van der Waals surface area contributed by atoms with Crippen molar-refractivity contribution in [1.29, 1.82) is 0 Å². The predicted octanol–water partition coefficient (Wildman–Crippen LogP) is 1.05. The van der Waals surface area contributed by atoms with Crippen molar-refractivity contribution in [2.75, 3.05) is 18.0 Å². The summed E-state index contributed by atoms with van der Waals surface area (Å²) in [7, 11) is 0. The van der Waals surface area contributed by atoms with Crippen molar-refractivity contribution >= 4 is 12.2 Å². The van der Waals surface area contributed by atoms with Crippen LogP contribution in [0.25, 0.3) is 0 Å². The smallest absolute Gasteiger partial charge is 0.196 e. The molecule has 2 heterocycles. The zero-order chi connectivity index (χ0) is 10.2. The lowest BCUT2D eigenvalue weighted by Gasteiger charge is -2.17. The summed E-state index contributed by atoms with van der Waals surface area (Å²) in [4.78, 5) is 12.3. The van der Waals surface area contributed by atoms with E-state index in [1.54, 1.807) is 19.1 Å². The zero-order valence-electron chi connectivity index (χ0n) is 8.06. The monoisotopic (exact) mass is 195 g/mol. The molecule has 1 aromatic rings. The Morgan fingerprint density at radius 1 is 1.64 bits per heavy atom. The molecule has 1 aliphatic rings. The molecule has 1 saturated heterocycles. The van der Waals surface area contributed by atoms with E-state index in [2.05, 4.69) is 0 Å². The van der Waals surface area contributed by atoms with Crippen molar-refractivity contribution in [3.05, 3.63) is 17.9 Å². The molecule has 76 valence electrons. The third kappa shape index (κ3) is 1.65. The van der Waals surface area contributed by atoms with Crippen molar-refractivity contribution in [1.82, 2.24) is 0 Å². The number of aliphatic hydroxyl groups is 1. The molecule has 0 aromatic carbocycles. The van der Waals surface area contributed by atoms with Crippen molar-refractivity contribution < 1.29 is 14.3 Å². The predicted molar refractivity (Wildman–Crippen MR) is 51.5 cm³/mol. The van der Waals surface area contributed by atoms with Gasteiger partial charge in [0.15, 0.2) is 17.9 Å². The van der Waals surface area contributed by atoms with Crippen LogP contribution in [0.15, 0.2) is 16.5 Å². The van der Waals surface area contributed by atoms with Crippen LogP contribution in [0, 0.1) is 0 Å². The first kappa shape index (κ1) is 9.27. The lowest BCUT2D eigenvalue weighted by atomic mass is 10.1. The fraction of sp³-hybridized carbons (Fsp3) is 0.500. The molecular weight excluding hydrogens is 182 g/mol. The summed E-state index contributed by atoms with van der Waals surface area (Å²) in [5.74, 6) is 0.983. The molecule has 2 rings (SSSR count). The van der Waals surface area contributed by atoms with Crippen LogP contribution < -0.4 is 4.90 Å².